The molecular weight excluding hydrogens is 282 g/mol. The van der Waals surface area contributed by atoms with Crippen LogP contribution in [0, 0.1) is 6.92 Å². The fourth-order valence-corrected chi connectivity index (χ4v) is 3.05. The smallest absolute Gasteiger partial charge is 0.159 e. The summed E-state index contributed by atoms with van der Waals surface area (Å²) in [7, 11) is 1.95. The zero-order valence-corrected chi connectivity index (χ0v) is 12.4. The highest BCUT2D eigenvalue weighted by molar-refractivity contribution is 7.09. The van der Waals surface area contributed by atoms with E-state index in [2.05, 4.69) is 19.6 Å². The number of nitrogens with zero attached hydrogens (tertiary/aromatic N) is 5. The molecule has 0 spiro atoms. The molecule has 3 heterocycles. The van der Waals surface area contributed by atoms with Gasteiger partial charge in [0.15, 0.2) is 5.65 Å². The zero-order valence-electron chi connectivity index (χ0n) is 10.8. The topological polar surface area (TPSA) is 48.5 Å². The summed E-state index contributed by atoms with van der Waals surface area (Å²) in [5.41, 5.74) is 4.81. The molecule has 100 valence electrons. The Kier molecular flexibility index (Phi) is 3.28. The molecule has 0 N–H and O–H groups in total. The predicted octanol–water partition coefficient (Wildman–Crippen LogP) is 2.36. The maximum absolute atomic E-state index is 5.88. The van der Waals surface area contributed by atoms with E-state index in [9.17, 15) is 0 Å². The maximum atomic E-state index is 5.88. The molecule has 0 amide bonds. The molecule has 5 nitrogen and oxygen atoms in total. The summed E-state index contributed by atoms with van der Waals surface area (Å²) in [6.07, 6.45) is 2.65. The van der Waals surface area contributed by atoms with Crippen molar-refractivity contribution in [2.75, 3.05) is 5.88 Å². The Morgan fingerprint density at radius 3 is 2.95 bits per heavy atom. The Balaban J connectivity index is 2.15. The van der Waals surface area contributed by atoms with Gasteiger partial charge in [0.25, 0.3) is 0 Å². The number of imidazole rings is 1. The van der Waals surface area contributed by atoms with E-state index < -0.39 is 0 Å². The molecule has 0 saturated carbocycles. The van der Waals surface area contributed by atoms with E-state index in [1.54, 1.807) is 11.3 Å². The lowest BCUT2D eigenvalue weighted by Crippen LogP contribution is -2.08. The summed E-state index contributed by atoms with van der Waals surface area (Å²) in [5.74, 6) is 1.58. The van der Waals surface area contributed by atoms with Crippen molar-refractivity contribution in [2.45, 2.75) is 19.9 Å². The molecular formula is C12H14ClN5S. The molecule has 0 aliphatic carbocycles. The minimum absolute atomic E-state index is 0.568. The van der Waals surface area contributed by atoms with Crippen LogP contribution in [0.25, 0.3) is 11.2 Å². The van der Waals surface area contributed by atoms with Gasteiger partial charge in [-0.1, -0.05) is 0 Å². The molecule has 0 aliphatic rings. The molecule has 7 heteroatoms. The third-order valence-corrected chi connectivity index (χ3v) is 4.04. The lowest BCUT2D eigenvalue weighted by Gasteiger charge is -2.07. The molecule has 19 heavy (non-hydrogen) atoms. The van der Waals surface area contributed by atoms with E-state index in [1.807, 2.05) is 30.4 Å². The molecule has 0 saturated heterocycles. The average Bonchev–Trinajstić information content (AvgIpc) is 3.04. The van der Waals surface area contributed by atoms with Gasteiger partial charge in [0.05, 0.1) is 17.7 Å². The van der Waals surface area contributed by atoms with Crippen molar-refractivity contribution >= 4 is 34.1 Å². The van der Waals surface area contributed by atoms with Crippen LogP contribution < -0.4 is 0 Å². The predicted molar refractivity (Wildman–Crippen MR) is 76.9 cm³/mol. The van der Waals surface area contributed by atoms with E-state index in [4.69, 9.17) is 11.6 Å². The highest BCUT2D eigenvalue weighted by Crippen LogP contribution is 2.21. The first-order valence-electron chi connectivity index (χ1n) is 6.02. The van der Waals surface area contributed by atoms with Crippen LogP contribution in [0.15, 0.2) is 11.7 Å². The van der Waals surface area contributed by atoms with Crippen molar-refractivity contribution in [3.8, 4) is 0 Å². The minimum Gasteiger partial charge on any atom is -0.307 e. The van der Waals surface area contributed by atoms with Crippen LogP contribution in [0.5, 0.6) is 0 Å². The lowest BCUT2D eigenvalue weighted by molar-refractivity contribution is 0.696. The molecule has 0 radical (unpaired) electrons. The molecule has 0 aliphatic heterocycles. The molecule has 0 fully saturated rings. The first-order chi connectivity index (χ1) is 9.20. The summed E-state index contributed by atoms with van der Waals surface area (Å²) in [6, 6.07) is 0. The third-order valence-electron chi connectivity index (χ3n) is 3.08. The van der Waals surface area contributed by atoms with E-state index in [0.717, 1.165) is 35.6 Å². The number of fused-ring (bicyclic) bond motifs is 1. The molecule has 0 bridgehead atoms. The highest BCUT2D eigenvalue weighted by atomic mass is 35.5. The maximum Gasteiger partial charge on any atom is 0.159 e. The Morgan fingerprint density at radius 2 is 2.26 bits per heavy atom. The molecule has 3 rings (SSSR count). The Hall–Kier alpha value is -1.40. The standard InChI is InChI=1S/C12H14ClN5S/c1-8-11-12(17(2)16-8)18(10(15-11)3-4-13)6-9-5-14-7-19-9/h5,7H,3-4,6H2,1-2H3. The van der Waals surface area contributed by atoms with Crippen LogP contribution >= 0.6 is 22.9 Å². The molecule has 0 aromatic carbocycles. The monoisotopic (exact) mass is 295 g/mol. The van der Waals surface area contributed by atoms with Crippen LogP contribution in [-0.2, 0) is 20.0 Å². The number of alkyl halides is 1. The number of halogens is 1. The van der Waals surface area contributed by atoms with E-state index in [0.29, 0.717) is 5.88 Å². The van der Waals surface area contributed by atoms with Crippen molar-refractivity contribution in [3.63, 3.8) is 0 Å². The SMILES string of the molecule is Cc1nn(C)c2c1nc(CCCl)n2Cc1cncs1. The largest absolute Gasteiger partial charge is 0.307 e. The summed E-state index contributed by atoms with van der Waals surface area (Å²) >= 11 is 7.53. The second-order valence-electron chi connectivity index (χ2n) is 4.40. The minimum atomic E-state index is 0.568. The van der Waals surface area contributed by atoms with Crippen molar-refractivity contribution < 1.29 is 0 Å². The second kappa shape index (κ2) is 4.94. The number of thiazole rings is 1. The van der Waals surface area contributed by atoms with Gasteiger partial charge < -0.3 is 4.57 Å². The van der Waals surface area contributed by atoms with Gasteiger partial charge in [0.1, 0.15) is 11.3 Å². The zero-order chi connectivity index (χ0) is 13.4. The van der Waals surface area contributed by atoms with Crippen LogP contribution in [-0.4, -0.2) is 30.2 Å². The fourth-order valence-electron chi connectivity index (χ4n) is 2.30. The van der Waals surface area contributed by atoms with E-state index in [1.165, 1.54) is 4.88 Å². The molecule has 3 aromatic rings. The Morgan fingerprint density at radius 1 is 1.42 bits per heavy atom. The van der Waals surface area contributed by atoms with Gasteiger partial charge in [-0.05, 0) is 6.92 Å². The van der Waals surface area contributed by atoms with Crippen LogP contribution in [0.3, 0.4) is 0 Å². The Bertz CT molecular complexity index is 697. The van der Waals surface area contributed by atoms with E-state index >= 15 is 0 Å². The average molecular weight is 296 g/mol. The van der Waals surface area contributed by atoms with Gasteiger partial charge >= 0.3 is 0 Å². The molecule has 0 atom stereocenters. The molecule has 3 aromatic heterocycles. The van der Waals surface area contributed by atoms with Crippen LogP contribution in [0.1, 0.15) is 16.4 Å². The number of hydrogen-bond donors (Lipinski definition) is 0. The summed E-state index contributed by atoms with van der Waals surface area (Å²) < 4.78 is 4.07. The summed E-state index contributed by atoms with van der Waals surface area (Å²) in [4.78, 5) is 10.0. The summed E-state index contributed by atoms with van der Waals surface area (Å²) in [6.45, 7) is 2.75. The van der Waals surface area contributed by atoms with Crippen molar-refractivity contribution in [1.82, 2.24) is 24.3 Å². The normalized spacial score (nSPS) is 11.5. The van der Waals surface area contributed by atoms with E-state index in [-0.39, 0.29) is 0 Å². The second-order valence-corrected chi connectivity index (χ2v) is 5.75. The van der Waals surface area contributed by atoms with Gasteiger partial charge in [-0.25, -0.2) is 4.98 Å². The van der Waals surface area contributed by atoms with Gasteiger partial charge in [-0.2, -0.15) is 5.10 Å². The highest BCUT2D eigenvalue weighted by Gasteiger charge is 2.17. The first-order valence-corrected chi connectivity index (χ1v) is 7.44. The fraction of sp³-hybridized carbons (Fsp3) is 0.417. The first kappa shape index (κ1) is 12.6. The third kappa shape index (κ3) is 2.15. The molecule has 0 unspecified atom stereocenters. The van der Waals surface area contributed by atoms with Gasteiger partial charge in [-0.15, -0.1) is 22.9 Å². The lowest BCUT2D eigenvalue weighted by atomic mass is 10.4. The van der Waals surface area contributed by atoms with Crippen LogP contribution in [0.4, 0.5) is 0 Å². The van der Waals surface area contributed by atoms with Gasteiger partial charge in [0, 0.05) is 30.4 Å². The number of rotatable bonds is 4. The Labute approximate surface area is 119 Å². The van der Waals surface area contributed by atoms with Gasteiger partial charge in [-0.3, -0.25) is 9.67 Å². The number of aryl methyl sites for hydroxylation is 3. The number of aromatic nitrogens is 5. The van der Waals surface area contributed by atoms with Crippen molar-refractivity contribution in [2.24, 2.45) is 7.05 Å². The van der Waals surface area contributed by atoms with Crippen LogP contribution in [0.2, 0.25) is 0 Å². The van der Waals surface area contributed by atoms with Crippen molar-refractivity contribution in [3.05, 3.63) is 28.1 Å². The summed E-state index contributed by atoms with van der Waals surface area (Å²) in [5, 5.41) is 4.43. The number of hydrogen-bond acceptors (Lipinski definition) is 4. The van der Waals surface area contributed by atoms with Gasteiger partial charge in [0.2, 0.25) is 0 Å². The quantitative estimate of drug-likeness (QED) is 0.694. The van der Waals surface area contributed by atoms with Crippen molar-refractivity contribution in [1.29, 1.82) is 0 Å².